The van der Waals surface area contributed by atoms with Gasteiger partial charge in [0.2, 0.25) is 5.91 Å². The van der Waals surface area contributed by atoms with E-state index in [0.29, 0.717) is 12.1 Å². The van der Waals surface area contributed by atoms with Gasteiger partial charge < -0.3 is 4.90 Å². The Labute approximate surface area is 134 Å². The average Bonchev–Trinajstić information content (AvgIpc) is 2.91. The quantitative estimate of drug-likeness (QED) is 0.856. The molecule has 2 aliphatic rings. The minimum Gasteiger partial charge on any atom is -0.338 e. The summed E-state index contributed by atoms with van der Waals surface area (Å²) in [7, 11) is 0. The van der Waals surface area contributed by atoms with E-state index in [1.165, 1.54) is 37.8 Å². The standard InChI is InChI=1S/C19H28N2O/c1-16(22)21-15-12-18-19(21)10-6-3-7-13-20(18)14-11-17-8-4-2-5-9-17/h2,4-5,8-9,18-19H,3,6-7,10-15H2,1H3/t18-,19+/m0/s1. The van der Waals surface area contributed by atoms with Gasteiger partial charge in [0.1, 0.15) is 0 Å². The Morgan fingerprint density at radius 1 is 1.05 bits per heavy atom. The molecule has 3 nitrogen and oxygen atoms in total. The maximum absolute atomic E-state index is 11.9. The number of hydrogen-bond donors (Lipinski definition) is 0. The Bertz CT molecular complexity index is 487. The number of carbonyl (C=O) groups excluding carboxylic acids is 1. The Hall–Kier alpha value is -1.35. The second-order valence-corrected chi connectivity index (χ2v) is 6.76. The third-order valence-electron chi connectivity index (χ3n) is 5.36. The molecule has 0 spiro atoms. The Balaban J connectivity index is 1.67. The van der Waals surface area contributed by atoms with Crippen LogP contribution in [0.15, 0.2) is 30.3 Å². The highest BCUT2D eigenvalue weighted by Crippen LogP contribution is 2.29. The van der Waals surface area contributed by atoms with Gasteiger partial charge in [0.05, 0.1) is 0 Å². The molecule has 2 aliphatic heterocycles. The molecule has 3 rings (SSSR count). The molecule has 3 heteroatoms. The summed E-state index contributed by atoms with van der Waals surface area (Å²) in [6, 6.07) is 11.8. The molecule has 0 radical (unpaired) electrons. The van der Waals surface area contributed by atoms with Gasteiger partial charge in [-0.15, -0.1) is 0 Å². The van der Waals surface area contributed by atoms with Crippen molar-refractivity contribution in [3.63, 3.8) is 0 Å². The first-order valence-electron chi connectivity index (χ1n) is 8.81. The average molecular weight is 300 g/mol. The summed E-state index contributed by atoms with van der Waals surface area (Å²) in [5.41, 5.74) is 1.42. The van der Waals surface area contributed by atoms with Gasteiger partial charge in [-0.3, -0.25) is 9.69 Å². The van der Waals surface area contributed by atoms with Gasteiger partial charge in [-0.1, -0.05) is 43.2 Å². The fourth-order valence-corrected chi connectivity index (χ4v) is 4.21. The lowest BCUT2D eigenvalue weighted by molar-refractivity contribution is -0.130. The summed E-state index contributed by atoms with van der Waals surface area (Å²) in [5.74, 6) is 0.260. The number of rotatable bonds is 3. The summed E-state index contributed by atoms with van der Waals surface area (Å²) < 4.78 is 0. The lowest BCUT2D eigenvalue weighted by Gasteiger charge is -2.37. The fraction of sp³-hybridized carbons (Fsp3) is 0.632. The molecule has 2 atom stereocenters. The number of nitrogens with zero attached hydrogens (tertiary/aromatic N) is 2. The van der Waals surface area contributed by atoms with Crippen molar-refractivity contribution in [3.8, 4) is 0 Å². The zero-order valence-electron chi connectivity index (χ0n) is 13.7. The monoisotopic (exact) mass is 300 g/mol. The van der Waals surface area contributed by atoms with E-state index < -0.39 is 0 Å². The predicted molar refractivity (Wildman–Crippen MR) is 89.8 cm³/mol. The van der Waals surface area contributed by atoms with Crippen molar-refractivity contribution in [1.29, 1.82) is 0 Å². The molecule has 1 aromatic carbocycles. The van der Waals surface area contributed by atoms with Crippen LogP contribution in [0.2, 0.25) is 0 Å². The third-order valence-corrected chi connectivity index (χ3v) is 5.36. The number of hydrogen-bond acceptors (Lipinski definition) is 2. The number of carbonyl (C=O) groups is 1. The molecule has 120 valence electrons. The summed E-state index contributed by atoms with van der Waals surface area (Å²) in [5, 5.41) is 0. The highest BCUT2D eigenvalue weighted by Gasteiger charge is 2.38. The predicted octanol–water partition coefficient (Wildman–Crippen LogP) is 3.09. The molecule has 0 saturated carbocycles. The molecule has 1 aromatic rings. The van der Waals surface area contributed by atoms with Crippen LogP contribution in [0.5, 0.6) is 0 Å². The Morgan fingerprint density at radius 3 is 2.64 bits per heavy atom. The van der Waals surface area contributed by atoms with Gasteiger partial charge in [0, 0.05) is 32.1 Å². The first-order chi connectivity index (χ1) is 10.8. The maximum Gasteiger partial charge on any atom is 0.219 e. The van der Waals surface area contributed by atoms with E-state index in [4.69, 9.17) is 0 Å². The topological polar surface area (TPSA) is 23.6 Å². The van der Waals surface area contributed by atoms with Crippen molar-refractivity contribution < 1.29 is 4.79 Å². The molecule has 1 amide bonds. The molecule has 0 bridgehead atoms. The number of benzene rings is 1. The third kappa shape index (κ3) is 3.52. The molecule has 0 unspecified atom stereocenters. The van der Waals surface area contributed by atoms with Crippen LogP contribution in [0.25, 0.3) is 0 Å². The van der Waals surface area contributed by atoms with E-state index >= 15 is 0 Å². The summed E-state index contributed by atoms with van der Waals surface area (Å²) in [6.45, 7) is 5.00. The highest BCUT2D eigenvalue weighted by atomic mass is 16.2. The van der Waals surface area contributed by atoms with E-state index in [0.717, 1.165) is 25.9 Å². The zero-order valence-corrected chi connectivity index (χ0v) is 13.7. The Morgan fingerprint density at radius 2 is 1.86 bits per heavy atom. The normalized spacial score (nSPS) is 26.3. The molecule has 0 N–H and O–H groups in total. The number of amides is 1. The number of fused-ring (bicyclic) bond motifs is 1. The lowest BCUT2D eigenvalue weighted by Crippen LogP contribution is -2.48. The summed E-state index contributed by atoms with van der Waals surface area (Å²) >= 11 is 0. The largest absolute Gasteiger partial charge is 0.338 e. The van der Waals surface area contributed by atoms with Gasteiger partial charge in [0.15, 0.2) is 0 Å². The summed E-state index contributed by atoms with van der Waals surface area (Å²) in [6.07, 6.45) is 7.33. The van der Waals surface area contributed by atoms with Crippen molar-refractivity contribution in [2.75, 3.05) is 19.6 Å². The molecular weight excluding hydrogens is 272 g/mol. The minimum atomic E-state index is 0.260. The minimum absolute atomic E-state index is 0.260. The molecule has 0 aliphatic carbocycles. The number of likely N-dealkylation sites (tertiary alicyclic amines) is 2. The van der Waals surface area contributed by atoms with Crippen LogP contribution in [-0.2, 0) is 11.2 Å². The fourth-order valence-electron chi connectivity index (χ4n) is 4.21. The van der Waals surface area contributed by atoms with Gasteiger partial charge in [-0.05, 0) is 37.8 Å². The molecule has 0 aromatic heterocycles. The van der Waals surface area contributed by atoms with Gasteiger partial charge in [0.25, 0.3) is 0 Å². The van der Waals surface area contributed by atoms with E-state index in [-0.39, 0.29) is 5.91 Å². The van der Waals surface area contributed by atoms with Gasteiger partial charge in [-0.25, -0.2) is 0 Å². The van der Waals surface area contributed by atoms with Crippen LogP contribution < -0.4 is 0 Å². The van der Waals surface area contributed by atoms with Crippen LogP contribution in [0.4, 0.5) is 0 Å². The molecule has 22 heavy (non-hydrogen) atoms. The van der Waals surface area contributed by atoms with E-state index in [1.54, 1.807) is 6.92 Å². The van der Waals surface area contributed by atoms with E-state index in [1.807, 2.05) is 0 Å². The molecule has 2 saturated heterocycles. The second-order valence-electron chi connectivity index (χ2n) is 6.76. The van der Waals surface area contributed by atoms with Crippen LogP contribution in [0.3, 0.4) is 0 Å². The first-order valence-corrected chi connectivity index (χ1v) is 8.81. The lowest BCUT2D eigenvalue weighted by atomic mass is 9.96. The molecular formula is C19H28N2O. The first kappa shape index (κ1) is 15.5. The zero-order chi connectivity index (χ0) is 15.4. The second kappa shape index (κ2) is 7.28. The van der Waals surface area contributed by atoms with Gasteiger partial charge in [-0.2, -0.15) is 0 Å². The van der Waals surface area contributed by atoms with Gasteiger partial charge >= 0.3 is 0 Å². The van der Waals surface area contributed by atoms with Crippen molar-refractivity contribution >= 4 is 5.91 Å². The van der Waals surface area contributed by atoms with Crippen molar-refractivity contribution in [2.24, 2.45) is 0 Å². The Kier molecular flexibility index (Phi) is 5.14. The highest BCUT2D eigenvalue weighted by molar-refractivity contribution is 5.74. The van der Waals surface area contributed by atoms with Crippen LogP contribution >= 0.6 is 0 Å². The SMILES string of the molecule is CC(=O)N1CC[C@H]2[C@H]1CCCCCN2CCc1ccccc1. The van der Waals surface area contributed by atoms with Crippen molar-refractivity contribution in [3.05, 3.63) is 35.9 Å². The smallest absolute Gasteiger partial charge is 0.219 e. The van der Waals surface area contributed by atoms with Crippen LogP contribution in [0.1, 0.15) is 44.6 Å². The van der Waals surface area contributed by atoms with Crippen LogP contribution in [-0.4, -0.2) is 47.4 Å². The maximum atomic E-state index is 11.9. The van der Waals surface area contributed by atoms with Crippen LogP contribution in [0, 0.1) is 0 Å². The van der Waals surface area contributed by atoms with Crippen molar-refractivity contribution in [1.82, 2.24) is 9.80 Å². The van der Waals surface area contributed by atoms with E-state index in [9.17, 15) is 4.79 Å². The molecule has 2 heterocycles. The van der Waals surface area contributed by atoms with Crippen molar-refractivity contribution in [2.45, 2.75) is 57.5 Å². The summed E-state index contributed by atoms with van der Waals surface area (Å²) in [4.78, 5) is 16.7. The molecule has 2 fully saturated rings. The van der Waals surface area contributed by atoms with E-state index in [2.05, 4.69) is 40.1 Å².